The molecule has 1 N–H and O–H groups in total. The number of halogens is 1. The molecular formula is C24H31ClN2O4. The predicted octanol–water partition coefficient (Wildman–Crippen LogP) is 4.45. The highest BCUT2D eigenvalue weighted by molar-refractivity contribution is 6.30. The smallest absolute Gasteiger partial charge is 0.261 e. The summed E-state index contributed by atoms with van der Waals surface area (Å²) in [5.41, 5.74) is 0.866. The van der Waals surface area contributed by atoms with E-state index in [1.54, 1.807) is 36.3 Å². The molecule has 168 valence electrons. The number of benzene rings is 2. The summed E-state index contributed by atoms with van der Waals surface area (Å²) in [5.74, 6) is 0.737. The highest BCUT2D eigenvalue weighted by atomic mass is 35.5. The van der Waals surface area contributed by atoms with Gasteiger partial charge in [-0.1, -0.05) is 43.6 Å². The van der Waals surface area contributed by atoms with E-state index < -0.39 is 6.04 Å². The van der Waals surface area contributed by atoms with Crippen molar-refractivity contribution >= 4 is 23.4 Å². The molecule has 7 heteroatoms. The summed E-state index contributed by atoms with van der Waals surface area (Å²) < 4.78 is 11.0. The second kappa shape index (κ2) is 12.2. The number of ether oxygens (including phenoxy) is 2. The molecule has 0 unspecified atom stereocenters. The first-order chi connectivity index (χ1) is 14.9. The zero-order valence-electron chi connectivity index (χ0n) is 18.6. The quantitative estimate of drug-likeness (QED) is 0.553. The van der Waals surface area contributed by atoms with Crippen LogP contribution in [0.3, 0.4) is 0 Å². The fraction of sp³-hybridized carbons (Fsp3) is 0.417. The molecule has 2 atom stereocenters. The average Bonchev–Trinajstić information content (AvgIpc) is 2.77. The maximum atomic E-state index is 13.2. The van der Waals surface area contributed by atoms with E-state index in [-0.39, 0.29) is 31.0 Å². The number of amides is 2. The first-order valence-electron chi connectivity index (χ1n) is 10.5. The van der Waals surface area contributed by atoms with Crippen LogP contribution in [0.2, 0.25) is 5.02 Å². The maximum absolute atomic E-state index is 13.2. The molecule has 0 bridgehead atoms. The highest BCUT2D eigenvalue weighted by Crippen LogP contribution is 2.20. The van der Waals surface area contributed by atoms with E-state index in [9.17, 15) is 9.59 Å². The minimum Gasteiger partial charge on any atom is -0.497 e. The molecule has 0 aliphatic rings. The zero-order chi connectivity index (χ0) is 22.8. The lowest BCUT2D eigenvalue weighted by atomic mass is 10.1. The van der Waals surface area contributed by atoms with E-state index in [1.165, 1.54) is 0 Å². The van der Waals surface area contributed by atoms with E-state index in [1.807, 2.05) is 45.0 Å². The summed E-state index contributed by atoms with van der Waals surface area (Å²) in [5, 5.41) is 3.52. The summed E-state index contributed by atoms with van der Waals surface area (Å²) >= 11 is 6.00. The van der Waals surface area contributed by atoms with Crippen LogP contribution in [0.1, 0.15) is 39.2 Å². The van der Waals surface area contributed by atoms with Crippen LogP contribution in [0, 0.1) is 0 Å². The van der Waals surface area contributed by atoms with Gasteiger partial charge in [-0.15, -0.1) is 0 Å². The summed E-state index contributed by atoms with van der Waals surface area (Å²) in [7, 11) is 1.59. The van der Waals surface area contributed by atoms with Gasteiger partial charge in [-0.3, -0.25) is 9.59 Å². The Morgan fingerprint density at radius 2 is 1.77 bits per heavy atom. The Balaban J connectivity index is 2.23. The Morgan fingerprint density at radius 1 is 1.06 bits per heavy atom. The van der Waals surface area contributed by atoms with Gasteiger partial charge in [0.15, 0.2) is 6.61 Å². The van der Waals surface area contributed by atoms with Gasteiger partial charge in [-0.25, -0.2) is 0 Å². The fourth-order valence-electron chi connectivity index (χ4n) is 3.11. The minimum absolute atomic E-state index is 0.0260. The normalized spacial score (nSPS) is 12.5. The van der Waals surface area contributed by atoms with Gasteiger partial charge in [0.1, 0.15) is 17.5 Å². The molecule has 0 aliphatic carbocycles. The summed E-state index contributed by atoms with van der Waals surface area (Å²) in [6, 6.07) is 13.7. The molecule has 0 heterocycles. The van der Waals surface area contributed by atoms with Crippen molar-refractivity contribution in [3.63, 3.8) is 0 Å². The van der Waals surface area contributed by atoms with Crippen molar-refractivity contribution in [2.45, 2.75) is 52.2 Å². The highest BCUT2D eigenvalue weighted by Gasteiger charge is 2.29. The standard InChI is InChI=1S/C24H31ClN2O4/c1-5-17(3)26-24(29)22(6-2)27(15-18-9-7-11-20(13-18)30-4)23(28)16-31-21-12-8-10-19(25)14-21/h7-14,17,22H,5-6,15-16H2,1-4H3,(H,26,29)/t17-,22-/m1/s1. The Morgan fingerprint density at radius 3 is 2.42 bits per heavy atom. The number of carbonyl (C=O) groups excluding carboxylic acids is 2. The van der Waals surface area contributed by atoms with Gasteiger partial charge < -0.3 is 19.7 Å². The summed E-state index contributed by atoms with van der Waals surface area (Å²) in [6.45, 7) is 5.91. The largest absolute Gasteiger partial charge is 0.497 e. The van der Waals surface area contributed by atoms with Gasteiger partial charge in [0.2, 0.25) is 5.91 Å². The van der Waals surface area contributed by atoms with Crippen LogP contribution in [-0.2, 0) is 16.1 Å². The number of nitrogens with one attached hydrogen (secondary N) is 1. The summed E-state index contributed by atoms with van der Waals surface area (Å²) in [4.78, 5) is 27.7. The van der Waals surface area contributed by atoms with Gasteiger partial charge in [0.05, 0.1) is 7.11 Å². The van der Waals surface area contributed by atoms with Crippen LogP contribution < -0.4 is 14.8 Å². The van der Waals surface area contributed by atoms with E-state index >= 15 is 0 Å². The van der Waals surface area contributed by atoms with Crippen molar-refractivity contribution in [1.29, 1.82) is 0 Å². The second-order valence-corrected chi connectivity index (χ2v) is 7.80. The van der Waals surface area contributed by atoms with Gasteiger partial charge >= 0.3 is 0 Å². The first-order valence-corrected chi connectivity index (χ1v) is 10.9. The Labute approximate surface area is 189 Å². The molecule has 0 fully saturated rings. The number of methoxy groups -OCH3 is 1. The van der Waals surface area contributed by atoms with Gasteiger partial charge in [0, 0.05) is 17.6 Å². The molecule has 2 aromatic carbocycles. The van der Waals surface area contributed by atoms with E-state index in [4.69, 9.17) is 21.1 Å². The zero-order valence-corrected chi connectivity index (χ0v) is 19.3. The molecule has 0 spiro atoms. The van der Waals surface area contributed by atoms with Crippen LogP contribution >= 0.6 is 11.6 Å². The Hall–Kier alpha value is -2.73. The summed E-state index contributed by atoms with van der Waals surface area (Å²) in [6.07, 6.45) is 1.29. The minimum atomic E-state index is -0.615. The molecule has 0 aliphatic heterocycles. The lowest BCUT2D eigenvalue weighted by Gasteiger charge is -2.31. The number of hydrogen-bond donors (Lipinski definition) is 1. The molecule has 0 saturated carbocycles. The van der Waals surface area contributed by atoms with Crippen molar-refractivity contribution in [3.05, 3.63) is 59.1 Å². The second-order valence-electron chi connectivity index (χ2n) is 7.36. The molecule has 2 aromatic rings. The first kappa shape index (κ1) is 24.5. The lowest BCUT2D eigenvalue weighted by Crippen LogP contribution is -2.51. The fourth-order valence-corrected chi connectivity index (χ4v) is 3.29. The van der Waals surface area contributed by atoms with Crippen LogP contribution in [0.15, 0.2) is 48.5 Å². The average molecular weight is 447 g/mol. The van der Waals surface area contributed by atoms with Crippen LogP contribution in [0.25, 0.3) is 0 Å². The topological polar surface area (TPSA) is 67.9 Å². The van der Waals surface area contributed by atoms with Gasteiger partial charge in [0.25, 0.3) is 5.91 Å². The third-order valence-corrected chi connectivity index (χ3v) is 5.27. The van der Waals surface area contributed by atoms with Crippen molar-refractivity contribution in [3.8, 4) is 11.5 Å². The molecule has 0 saturated heterocycles. The van der Waals surface area contributed by atoms with Crippen LogP contribution in [0.4, 0.5) is 0 Å². The van der Waals surface area contributed by atoms with Crippen LogP contribution in [-0.4, -0.2) is 42.5 Å². The predicted molar refractivity (Wildman–Crippen MR) is 122 cm³/mol. The maximum Gasteiger partial charge on any atom is 0.261 e. The Bertz CT molecular complexity index is 874. The monoisotopic (exact) mass is 446 g/mol. The third-order valence-electron chi connectivity index (χ3n) is 5.03. The number of rotatable bonds is 11. The van der Waals surface area contributed by atoms with Gasteiger partial charge in [-0.2, -0.15) is 0 Å². The van der Waals surface area contributed by atoms with Crippen molar-refractivity contribution < 1.29 is 19.1 Å². The molecule has 2 amide bonds. The SMILES string of the molecule is CC[C@@H](C)NC(=O)[C@@H](CC)N(Cc1cccc(OC)c1)C(=O)COc1cccc(Cl)c1. The van der Waals surface area contributed by atoms with E-state index in [0.29, 0.717) is 22.9 Å². The van der Waals surface area contributed by atoms with E-state index in [0.717, 1.165) is 12.0 Å². The van der Waals surface area contributed by atoms with E-state index in [2.05, 4.69) is 5.32 Å². The van der Waals surface area contributed by atoms with Crippen molar-refractivity contribution in [1.82, 2.24) is 10.2 Å². The van der Waals surface area contributed by atoms with Gasteiger partial charge in [-0.05, 0) is 55.7 Å². The van der Waals surface area contributed by atoms with Crippen molar-refractivity contribution in [2.75, 3.05) is 13.7 Å². The number of hydrogen-bond acceptors (Lipinski definition) is 4. The molecule has 2 rings (SSSR count). The molecule has 0 aromatic heterocycles. The number of carbonyl (C=O) groups is 2. The third kappa shape index (κ3) is 7.47. The van der Waals surface area contributed by atoms with Crippen LogP contribution in [0.5, 0.6) is 11.5 Å². The lowest BCUT2D eigenvalue weighted by molar-refractivity contribution is -0.143. The molecule has 6 nitrogen and oxygen atoms in total. The number of nitrogens with zero attached hydrogens (tertiary/aromatic N) is 1. The van der Waals surface area contributed by atoms with Crippen molar-refractivity contribution in [2.24, 2.45) is 0 Å². The molecule has 0 radical (unpaired) electrons. The Kier molecular flexibility index (Phi) is 9.66. The molecular weight excluding hydrogens is 416 g/mol. The molecule has 31 heavy (non-hydrogen) atoms.